The number of thiophene rings is 1. The van der Waals surface area contributed by atoms with Crippen molar-refractivity contribution in [2.24, 2.45) is 0 Å². The second kappa shape index (κ2) is 7.93. The van der Waals surface area contributed by atoms with Crippen LogP contribution in [0.15, 0.2) is 44.7 Å². The van der Waals surface area contributed by atoms with Gasteiger partial charge in [-0.05, 0) is 50.1 Å². The van der Waals surface area contributed by atoms with Crippen LogP contribution in [0.1, 0.15) is 9.67 Å². The predicted octanol–water partition coefficient (Wildman–Crippen LogP) is 3.87. The normalized spacial score (nSPS) is 12.0. The van der Waals surface area contributed by atoms with Crippen LogP contribution in [0.3, 0.4) is 0 Å². The van der Waals surface area contributed by atoms with E-state index in [1.807, 2.05) is 18.2 Å². The zero-order chi connectivity index (χ0) is 15.2. The zero-order valence-corrected chi connectivity index (χ0v) is 14.8. The average Bonchev–Trinajstić information content (AvgIpc) is 2.83. The fourth-order valence-electron chi connectivity index (χ4n) is 1.45. The predicted molar refractivity (Wildman–Crippen MR) is 87.9 cm³/mol. The molecule has 1 aromatic carbocycles. The van der Waals surface area contributed by atoms with Gasteiger partial charge in [-0.15, -0.1) is 11.3 Å². The number of benzene rings is 1. The molecule has 0 amide bonds. The Morgan fingerprint density at radius 2 is 1.95 bits per heavy atom. The van der Waals surface area contributed by atoms with Crippen molar-refractivity contribution in [1.29, 1.82) is 0 Å². The van der Waals surface area contributed by atoms with Gasteiger partial charge < -0.3 is 14.6 Å². The fourth-order valence-corrected chi connectivity index (χ4v) is 3.38. The second-order valence-corrected chi connectivity index (χ2v) is 7.33. The molecule has 0 aliphatic heterocycles. The molecule has 0 aliphatic carbocycles. The molecule has 2 aromatic rings. The van der Waals surface area contributed by atoms with E-state index in [0.29, 0.717) is 10.6 Å². The lowest BCUT2D eigenvalue weighted by atomic mass is 10.3. The number of hydrogen-bond donors (Lipinski definition) is 1. The summed E-state index contributed by atoms with van der Waals surface area (Å²) in [5, 5.41) is 9.75. The van der Waals surface area contributed by atoms with E-state index in [9.17, 15) is 9.90 Å². The van der Waals surface area contributed by atoms with Crippen LogP contribution in [0.2, 0.25) is 0 Å². The third-order valence-electron chi connectivity index (χ3n) is 2.44. The molecule has 1 N–H and O–H groups in total. The van der Waals surface area contributed by atoms with Crippen molar-refractivity contribution in [1.82, 2.24) is 0 Å². The van der Waals surface area contributed by atoms with Gasteiger partial charge in [0, 0.05) is 4.47 Å². The number of para-hydroxylation sites is 1. The summed E-state index contributed by atoms with van der Waals surface area (Å²) in [7, 11) is 0. The molecule has 0 aliphatic rings. The maximum atomic E-state index is 11.8. The molecule has 0 saturated carbocycles. The maximum absolute atomic E-state index is 11.8. The summed E-state index contributed by atoms with van der Waals surface area (Å²) in [6.07, 6.45) is -0.874. The molecular formula is C14H12Br2O4S. The molecule has 1 aromatic heterocycles. The van der Waals surface area contributed by atoms with Crippen molar-refractivity contribution in [3.63, 3.8) is 0 Å². The molecule has 1 heterocycles. The van der Waals surface area contributed by atoms with Crippen LogP contribution in [-0.4, -0.2) is 30.4 Å². The van der Waals surface area contributed by atoms with Gasteiger partial charge in [0.25, 0.3) is 0 Å². The van der Waals surface area contributed by atoms with Gasteiger partial charge >= 0.3 is 5.97 Å². The van der Waals surface area contributed by atoms with Crippen LogP contribution in [0.4, 0.5) is 0 Å². The minimum Gasteiger partial charge on any atom is -0.491 e. The summed E-state index contributed by atoms with van der Waals surface area (Å²) in [4.78, 5) is 12.2. The molecule has 2 rings (SSSR count). The highest BCUT2D eigenvalue weighted by atomic mass is 79.9. The highest BCUT2D eigenvalue weighted by molar-refractivity contribution is 9.13. The van der Waals surface area contributed by atoms with Gasteiger partial charge in [-0.2, -0.15) is 0 Å². The molecule has 112 valence electrons. The number of rotatable bonds is 6. The number of ether oxygens (including phenoxy) is 2. The van der Waals surface area contributed by atoms with Crippen LogP contribution in [-0.2, 0) is 4.74 Å². The van der Waals surface area contributed by atoms with Gasteiger partial charge in [0.15, 0.2) is 0 Å². The van der Waals surface area contributed by atoms with Gasteiger partial charge in [0.2, 0.25) is 0 Å². The van der Waals surface area contributed by atoms with E-state index in [1.165, 1.54) is 11.3 Å². The summed E-state index contributed by atoms with van der Waals surface area (Å²) in [6.45, 7) is -0.0477. The Morgan fingerprint density at radius 1 is 1.24 bits per heavy atom. The van der Waals surface area contributed by atoms with Crippen LogP contribution in [0, 0.1) is 0 Å². The number of carbonyl (C=O) groups is 1. The minimum absolute atomic E-state index is 0.0646. The molecule has 0 bridgehead atoms. The van der Waals surface area contributed by atoms with Gasteiger partial charge in [0.05, 0.1) is 3.79 Å². The first-order valence-corrected chi connectivity index (χ1v) is 8.44. The third-order valence-corrected chi connectivity index (χ3v) is 5.68. The first-order chi connectivity index (χ1) is 10.1. The minimum atomic E-state index is -0.874. The molecule has 0 spiro atoms. The van der Waals surface area contributed by atoms with Crippen molar-refractivity contribution in [2.45, 2.75) is 6.10 Å². The molecule has 0 radical (unpaired) electrons. The topological polar surface area (TPSA) is 55.8 Å². The Balaban J connectivity index is 1.76. The Labute approximate surface area is 143 Å². The summed E-state index contributed by atoms with van der Waals surface area (Å²) in [6, 6.07) is 10.8. The van der Waals surface area contributed by atoms with Crippen molar-refractivity contribution in [3.05, 3.63) is 49.5 Å². The third kappa shape index (κ3) is 5.10. The highest BCUT2D eigenvalue weighted by Gasteiger charge is 2.15. The van der Waals surface area contributed by atoms with Crippen LogP contribution >= 0.6 is 43.2 Å². The largest absolute Gasteiger partial charge is 0.491 e. The first kappa shape index (κ1) is 16.5. The Bertz CT molecular complexity index is 581. The molecule has 4 nitrogen and oxygen atoms in total. The van der Waals surface area contributed by atoms with Crippen LogP contribution < -0.4 is 4.74 Å². The fraction of sp³-hybridized carbons (Fsp3) is 0.214. The number of carbonyl (C=O) groups excluding carboxylic acids is 1. The second-order valence-electron chi connectivity index (χ2n) is 4.11. The van der Waals surface area contributed by atoms with E-state index in [1.54, 1.807) is 18.2 Å². The average molecular weight is 436 g/mol. The number of hydrogen-bond acceptors (Lipinski definition) is 5. The van der Waals surface area contributed by atoms with E-state index in [0.717, 1.165) is 8.26 Å². The van der Waals surface area contributed by atoms with E-state index >= 15 is 0 Å². The molecule has 1 unspecified atom stereocenters. The quantitative estimate of drug-likeness (QED) is 0.699. The lowest BCUT2D eigenvalue weighted by molar-refractivity contribution is 0.0134. The van der Waals surface area contributed by atoms with Crippen molar-refractivity contribution < 1.29 is 19.4 Å². The van der Waals surface area contributed by atoms with E-state index in [-0.39, 0.29) is 13.2 Å². The van der Waals surface area contributed by atoms with E-state index in [2.05, 4.69) is 31.9 Å². The molecule has 21 heavy (non-hydrogen) atoms. The Hall–Kier alpha value is -0.890. The Morgan fingerprint density at radius 3 is 2.57 bits per heavy atom. The Kier molecular flexibility index (Phi) is 6.22. The molecule has 7 heteroatoms. The van der Waals surface area contributed by atoms with Crippen LogP contribution in [0.5, 0.6) is 5.75 Å². The summed E-state index contributed by atoms with van der Waals surface area (Å²) >= 11 is 7.88. The maximum Gasteiger partial charge on any atom is 0.348 e. The summed E-state index contributed by atoms with van der Waals surface area (Å²) < 4.78 is 12.0. The highest BCUT2D eigenvalue weighted by Crippen LogP contribution is 2.32. The standard InChI is InChI=1S/C14H12Br2O4S/c15-11-6-12(21-13(11)16)14(18)20-8-9(17)7-19-10-4-2-1-3-5-10/h1-6,9,17H,7-8H2. The molecule has 0 fully saturated rings. The van der Waals surface area contributed by atoms with Gasteiger partial charge in [-0.25, -0.2) is 4.79 Å². The van der Waals surface area contributed by atoms with Gasteiger partial charge in [-0.1, -0.05) is 18.2 Å². The lowest BCUT2D eigenvalue weighted by Crippen LogP contribution is -2.25. The molecular weight excluding hydrogens is 424 g/mol. The SMILES string of the molecule is O=C(OCC(O)COc1ccccc1)c1cc(Br)c(Br)s1. The van der Waals surface area contributed by atoms with Gasteiger partial charge in [0.1, 0.15) is 29.9 Å². The smallest absolute Gasteiger partial charge is 0.348 e. The zero-order valence-electron chi connectivity index (χ0n) is 10.8. The number of halogens is 2. The lowest BCUT2D eigenvalue weighted by Gasteiger charge is -2.12. The monoisotopic (exact) mass is 434 g/mol. The number of aliphatic hydroxyl groups excluding tert-OH is 1. The van der Waals surface area contributed by atoms with Gasteiger partial charge in [-0.3, -0.25) is 0 Å². The summed E-state index contributed by atoms with van der Waals surface area (Å²) in [5.74, 6) is 0.194. The summed E-state index contributed by atoms with van der Waals surface area (Å²) in [5.41, 5.74) is 0. The first-order valence-electron chi connectivity index (χ1n) is 6.04. The van der Waals surface area contributed by atoms with Crippen molar-refractivity contribution >= 4 is 49.2 Å². The molecule has 1 atom stereocenters. The van der Waals surface area contributed by atoms with E-state index in [4.69, 9.17) is 9.47 Å². The van der Waals surface area contributed by atoms with E-state index < -0.39 is 12.1 Å². The van der Waals surface area contributed by atoms with Crippen LogP contribution in [0.25, 0.3) is 0 Å². The van der Waals surface area contributed by atoms with Crippen molar-refractivity contribution in [3.8, 4) is 5.75 Å². The number of esters is 1. The van der Waals surface area contributed by atoms with Crippen molar-refractivity contribution in [2.75, 3.05) is 13.2 Å². The molecule has 0 saturated heterocycles. The number of aliphatic hydroxyl groups is 1.